The van der Waals surface area contributed by atoms with Crippen molar-refractivity contribution in [2.75, 3.05) is 0 Å². The van der Waals surface area contributed by atoms with E-state index in [-0.39, 0.29) is 17.8 Å². The van der Waals surface area contributed by atoms with Crippen LogP contribution in [0.4, 0.5) is 5.69 Å². The third kappa shape index (κ3) is 2.00. The molecular weight excluding hydrogens is 297 g/mol. The van der Waals surface area contributed by atoms with Gasteiger partial charge < -0.3 is 5.73 Å². The highest BCUT2D eigenvalue weighted by Crippen LogP contribution is 2.24. The number of nitriles is 1. The van der Waals surface area contributed by atoms with Crippen LogP contribution in [0.5, 0.6) is 0 Å². The molecule has 0 aliphatic heterocycles. The molecule has 0 fully saturated rings. The molecule has 0 spiro atoms. The molecule has 0 heterocycles. The molecule has 0 aliphatic rings. The standard InChI is InChI=1S/C8H6IN3O2/c9-7-1-5(3-10)6(4-11)2-8(7)12(13)14/h1-2H,3,10H2. The van der Waals surface area contributed by atoms with E-state index in [1.165, 1.54) is 6.07 Å². The topological polar surface area (TPSA) is 92.9 Å². The van der Waals surface area contributed by atoms with Crippen molar-refractivity contribution in [3.8, 4) is 6.07 Å². The van der Waals surface area contributed by atoms with Gasteiger partial charge in [0.15, 0.2) is 0 Å². The first kappa shape index (κ1) is 10.9. The molecule has 0 aromatic heterocycles. The van der Waals surface area contributed by atoms with Crippen LogP contribution in [0.1, 0.15) is 11.1 Å². The molecule has 1 aromatic carbocycles. The van der Waals surface area contributed by atoms with Gasteiger partial charge in [0, 0.05) is 12.6 Å². The van der Waals surface area contributed by atoms with Crippen molar-refractivity contribution in [1.82, 2.24) is 0 Å². The van der Waals surface area contributed by atoms with Crippen molar-refractivity contribution in [3.05, 3.63) is 36.9 Å². The van der Waals surface area contributed by atoms with Gasteiger partial charge in [-0.25, -0.2) is 0 Å². The Morgan fingerprint density at radius 3 is 2.71 bits per heavy atom. The normalized spacial score (nSPS) is 9.50. The van der Waals surface area contributed by atoms with Crippen LogP contribution >= 0.6 is 22.6 Å². The Balaban J connectivity index is 3.40. The van der Waals surface area contributed by atoms with Crippen molar-refractivity contribution in [2.24, 2.45) is 5.73 Å². The molecule has 1 aromatic rings. The van der Waals surface area contributed by atoms with E-state index < -0.39 is 4.92 Å². The van der Waals surface area contributed by atoms with Gasteiger partial charge in [-0.05, 0) is 34.2 Å². The molecule has 72 valence electrons. The average Bonchev–Trinajstić information content (AvgIpc) is 2.16. The monoisotopic (exact) mass is 303 g/mol. The summed E-state index contributed by atoms with van der Waals surface area (Å²) in [7, 11) is 0. The van der Waals surface area contributed by atoms with Gasteiger partial charge in [-0.15, -0.1) is 0 Å². The summed E-state index contributed by atoms with van der Waals surface area (Å²) in [4.78, 5) is 10.0. The zero-order valence-corrected chi connectivity index (χ0v) is 9.19. The van der Waals surface area contributed by atoms with E-state index in [0.29, 0.717) is 9.13 Å². The molecule has 0 amide bonds. The van der Waals surface area contributed by atoms with Gasteiger partial charge in [-0.2, -0.15) is 5.26 Å². The van der Waals surface area contributed by atoms with Crippen molar-refractivity contribution in [2.45, 2.75) is 6.54 Å². The molecule has 0 bridgehead atoms. The van der Waals surface area contributed by atoms with Gasteiger partial charge >= 0.3 is 0 Å². The van der Waals surface area contributed by atoms with E-state index in [2.05, 4.69) is 0 Å². The summed E-state index contributed by atoms with van der Waals surface area (Å²) in [6.45, 7) is 0.205. The van der Waals surface area contributed by atoms with Gasteiger partial charge in [0.25, 0.3) is 5.69 Å². The van der Waals surface area contributed by atoms with E-state index in [9.17, 15) is 10.1 Å². The Morgan fingerprint density at radius 2 is 2.29 bits per heavy atom. The van der Waals surface area contributed by atoms with E-state index in [0.717, 1.165) is 0 Å². The second kappa shape index (κ2) is 4.34. The summed E-state index contributed by atoms with van der Waals surface area (Å²) in [5.74, 6) is 0. The third-order valence-electron chi connectivity index (χ3n) is 1.71. The summed E-state index contributed by atoms with van der Waals surface area (Å²) < 4.78 is 0.493. The minimum absolute atomic E-state index is 0.0562. The summed E-state index contributed by atoms with van der Waals surface area (Å²) in [5.41, 5.74) is 6.23. The number of nitrogens with zero attached hydrogens (tertiary/aromatic N) is 2. The minimum Gasteiger partial charge on any atom is -0.326 e. The Bertz CT molecular complexity index is 425. The number of hydrogen-bond acceptors (Lipinski definition) is 4. The Morgan fingerprint density at radius 1 is 1.64 bits per heavy atom. The fourth-order valence-electron chi connectivity index (χ4n) is 1.02. The number of hydrogen-bond donors (Lipinski definition) is 1. The Kier molecular flexibility index (Phi) is 3.38. The van der Waals surface area contributed by atoms with Crippen molar-refractivity contribution < 1.29 is 4.92 Å². The van der Waals surface area contributed by atoms with Gasteiger partial charge in [-0.1, -0.05) is 0 Å². The summed E-state index contributed by atoms with van der Waals surface area (Å²) in [5, 5.41) is 19.3. The van der Waals surface area contributed by atoms with E-state index >= 15 is 0 Å². The molecule has 0 aliphatic carbocycles. The van der Waals surface area contributed by atoms with Crippen LogP contribution in [-0.2, 0) is 6.54 Å². The average molecular weight is 303 g/mol. The van der Waals surface area contributed by atoms with Crippen molar-refractivity contribution in [3.63, 3.8) is 0 Å². The number of benzene rings is 1. The lowest BCUT2D eigenvalue weighted by atomic mass is 10.1. The fourth-order valence-corrected chi connectivity index (χ4v) is 1.74. The van der Waals surface area contributed by atoms with Crippen LogP contribution in [0.2, 0.25) is 0 Å². The number of rotatable bonds is 2. The Labute approximate surface area is 93.8 Å². The van der Waals surface area contributed by atoms with Crippen molar-refractivity contribution >= 4 is 28.3 Å². The van der Waals surface area contributed by atoms with Crippen LogP contribution in [0.25, 0.3) is 0 Å². The van der Waals surface area contributed by atoms with E-state index in [1.54, 1.807) is 6.07 Å². The second-order valence-electron chi connectivity index (χ2n) is 2.53. The predicted molar refractivity (Wildman–Crippen MR) is 58.4 cm³/mol. The van der Waals surface area contributed by atoms with Crippen LogP contribution in [0.15, 0.2) is 12.1 Å². The van der Waals surface area contributed by atoms with Gasteiger partial charge in [0.2, 0.25) is 0 Å². The maximum absolute atomic E-state index is 10.5. The smallest absolute Gasteiger partial charge is 0.283 e. The number of nitrogens with two attached hydrogens (primary N) is 1. The molecule has 6 heteroatoms. The van der Waals surface area contributed by atoms with E-state index in [4.69, 9.17) is 11.0 Å². The van der Waals surface area contributed by atoms with Gasteiger partial charge in [0.05, 0.1) is 20.1 Å². The molecule has 14 heavy (non-hydrogen) atoms. The Hall–Kier alpha value is -1.20. The molecular formula is C8H6IN3O2. The fraction of sp³-hybridized carbons (Fsp3) is 0.125. The van der Waals surface area contributed by atoms with Crippen LogP contribution in [-0.4, -0.2) is 4.92 Å². The van der Waals surface area contributed by atoms with Gasteiger partial charge in [0.1, 0.15) is 0 Å². The maximum Gasteiger partial charge on any atom is 0.283 e. The zero-order chi connectivity index (χ0) is 10.7. The number of nitro groups is 1. The lowest BCUT2D eigenvalue weighted by Gasteiger charge is -2.01. The molecule has 0 atom stereocenters. The zero-order valence-electron chi connectivity index (χ0n) is 7.03. The molecule has 1 rings (SSSR count). The SMILES string of the molecule is N#Cc1cc([N+](=O)[O-])c(I)cc1CN. The highest BCUT2D eigenvalue weighted by molar-refractivity contribution is 14.1. The second-order valence-corrected chi connectivity index (χ2v) is 3.70. The summed E-state index contributed by atoms with van der Waals surface area (Å²) in [6, 6.07) is 4.70. The lowest BCUT2D eigenvalue weighted by molar-refractivity contribution is -0.385. The molecule has 0 saturated carbocycles. The first-order valence-electron chi connectivity index (χ1n) is 3.67. The molecule has 2 N–H and O–H groups in total. The summed E-state index contributed by atoms with van der Waals surface area (Å²) >= 11 is 1.85. The third-order valence-corrected chi connectivity index (χ3v) is 2.57. The molecule has 0 radical (unpaired) electrons. The maximum atomic E-state index is 10.5. The highest BCUT2D eigenvalue weighted by Gasteiger charge is 2.15. The minimum atomic E-state index is -0.511. The first-order chi connectivity index (χ1) is 6.60. The van der Waals surface area contributed by atoms with Crippen LogP contribution in [0, 0.1) is 25.0 Å². The quantitative estimate of drug-likeness (QED) is 0.509. The van der Waals surface area contributed by atoms with Crippen molar-refractivity contribution in [1.29, 1.82) is 5.26 Å². The highest BCUT2D eigenvalue weighted by atomic mass is 127. The first-order valence-corrected chi connectivity index (χ1v) is 4.75. The number of nitro benzene ring substituents is 1. The predicted octanol–water partition coefficient (Wildman–Crippen LogP) is 1.53. The number of halogens is 1. The van der Waals surface area contributed by atoms with Crippen LogP contribution in [0.3, 0.4) is 0 Å². The van der Waals surface area contributed by atoms with Gasteiger partial charge in [-0.3, -0.25) is 10.1 Å². The molecule has 0 saturated heterocycles. The molecule has 5 nitrogen and oxygen atoms in total. The molecule has 0 unspecified atom stereocenters. The van der Waals surface area contributed by atoms with E-state index in [1.807, 2.05) is 28.7 Å². The summed E-state index contributed by atoms with van der Waals surface area (Å²) in [6.07, 6.45) is 0. The lowest BCUT2D eigenvalue weighted by Crippen LogP contribution is -2.02. The van der Waals surface area contributed by atoms with Crippen LogP contribution < -0.4 is 5.73 Å². The largest absolute Gasteiger partial charge is 0.326 e.